The minimum absolute atomic E-state index is 0.178. The lowest BCUT2D eigenvalue weighted by molar-refractivity contribution is 0.260. The monoisotopic (exact) mass is 298 g/mol. The van der Waals surface area contributed by atoms with Gasteiger partial charge in [0.2, 0.25) is 0 Å². The summed E-state index contributed by atoms with van der Waals surface area (Å²) in [5.74, 6) is 0. The number of hydrogen-bond donors (Lipinski definition) is 2. The van der Waals surface area contributed by atoms with Gasteiger partial charge in [0.25, 0.3) is 0 Å². The Balaban J connectivity index is 2.28. The van der Waals surface area contributed by atoms with Gasteiger partial charge in [-0.25, -0.2) is 0 Å². The Labute approximate surface area is 111 Å². The molecule has 1 fully saturated rings. The summed E-state index contributed by atoms with van der Waals surface area (Å²) in [5.41, 5.74) is 2.48. The Bertz CT molecular complexity index is 384. The molecule has 1 aromatic rings. The molecular formula is C13H19BrN2O. The molecule has 17 heavy (non-hydrogen) atoms. The van der Waals surface area contributed by atoms with Crippen LogP contribution in [0.3, 0.4) is 0 Å². The topological polar surface area (TPSA) is 35.5 Å². The summed E-state index contributed by atoms with van der Waals surface area (Å²) in [5, 5.41) is 12.9. The van der Waals surface area contributed by atoms with E-state index in [9.17, 15) is 5.11 Å². The zero-order valence-corrected chi connectivity index (χ0v) is 11.7. The average Bonchev–Trinajstić information content (AvgIpc) is 2.54. The number of aliphatic hydroxyl groups is 1. The van der Waals surface area contributed by atoms with Gasteiger partial charge in [-0.2, -0.15) is 0 Å². The van der Waals surface area contributed by atoms with Crippen molar-refractivity contribution in [1.82, 2.24) is 5.32 Å². The van der Waals surface area contributed by atoms with E-state index in [4.69, 9.17) is 0 Å². The second kappa shape index (κ2) is 5.85. The summed E-state index contributed by atoms with van der Waals surface area (Å²) in [4.78, 5) is 2.32. The zero-order valence-electron chi connectivity index (χ0n) is 10.1. The van der Waals surface area contributed by atoms with Crippen molar-refractivity contribution in [2.24, 2.45) is 0 Å². The molecule has 2 rings (SSSR count). The lowest BCUT2D eigenvalue weighted by Gasteiger charge is -2.31. The Hall–Kier alpha value is -0.580. The Morgan fingerprint density at radius 2 is 2.35 bits per heavy atom. The lowest BCUT2D eigenvalue weighted by atomic mass is 10.1. The molecule has 0 aromatic heterocycles. The number of anilines is 1. The standard InChI is InChI=1S/C13H19BrN2O/c1-10-7-11(14)3-4-13(10)16-6-2-5-15-8-12(16)9-17/h3-4,7,12,15,17H,2,5-6,8-9H2,1H3. The van der Waals surface area contributed by atoms with Crippen molar-refractivity contribution in [3.05, 3.63) is 28.2 Å². The molecule has 0 aliphatic carbocycles. The Morgan fingerprint density at radius 1 is 1.53 bits per heavy atom. The SMILES string of the molecule is Cc1cc(Br)ccc1N1CCCNCC1CO. The van der Waals surface area contributed by atoms with Crippen LogP contribution in [0.15, 0.2) is 22.7 Å². The first-order valence-electron chi connectivity index (χ1n) is 6.06. The third-order valence-corrected chi connectivity index (χ3v) is 3.75. The minimum Gasteiger partial charge on any atom is -0.394 e. The Morgan fingerprint density at radius 3 is 3.06 bits per heavy atom. The van der Waals surface area contributed by atoms with Crippen molar-refractivity contribution in [3.8, 4) is 0 Å². The maximum Gasteiger partial charge on any atom is 0.0647 e. The summed E-state index contributed by atoms with van der Waals surface area (Å²) in [7, 11) is 0. The van der Waals surface area contributed by atoms with Crippen LogP contribution in [0.2, 0.25) is 0 Å². The van der Waals surface area contributed by atoms with Crippen LogP contribution in [0.4, 0.5) is 5.69 Å². The highest BCUT2D eigenvalue weighted by Crippen LogP contribution is 2.26. The molecular weight excluding hydrogens is 280 g/mol. The molecule has 1 unspecified atom stereocenters. The number of rotatable bonds is 2. The number of benzene rings is 1. The van der Waals surface area contributed by atoms with Crippen LogP contribution in [0.25, 0.3) is 0 Å². The summed E-state index contributed by atoms with van der Waals surface area (Å²) in [6, 6.07) is 6.50. The number of hydrogen-bond acceptors (Lipinski definition) is 3. The predicted octanol–water partition coefficient (Wildman–Crippen LogP) is 1.92. The molecule has 1 atom stereocenters. The first-order chi connectivity index (χ1) is 8.22. The fraction of sp³-hybridized carbons (Fsp3) is 0.538. The van der Waals surface area contributed by atoms with Gasteiger partial charge >= 0.3 is 0 Å². The lowest BCUT2D eigenvalue weighted by Crippen LogP contribution is -2.42. The van der Waals surface area contributed by atoms with Gasteiger partial charge in [-0.15, -0.1) is 0 Å². The van der Waals surface area contributed by atoms with Gasteiger partial charge in [0.15, 0.2) is 0 Å². The van der Waals surface area contributed by atoms with Gasteiger partial charge in [-0.3, -0.25) is 0 Å². The van der Waals surface area contributed by atoms with E-state index in [1.165, 1.54) is 11.3 Å². The average molecular weight is 299 g/mol. The van der Waals surface area contributed by atoms with Crippen molar-refractivity contribution >= 4 is 21.6 Å². The third kappa shape index (κ3) is 3.00. The van der Waals surface area contributed by atoms with Crippen molar-refractivity contribution in [2.75, 3.05) is 31.1 Å². The van der Waals surface area contributed by atoms with Crippen LogP contribution < -0.4 is 10.2 Å². The van der Waals surface area contributed by atoms with Crippen LogP contribution >= 0.6 is 15.9 Å². The first-order valence-corrected chi connectivity index (χ1v) is 6.86. The van der Waals surface area contributed by atoms with E-state index in [-0.39, 0.29) is 12.6 Å². The number of nitrogens with one attached hydrogen (secondary N) is 1. The van der Waals surface area contributed by atoms with E-state index in [0.29, 0.717) is 0 Å². The summed E-state index contributed by atoms with van der Waals surface area (Å²) >= 11 is 3.49. The van der Waals surface area contributed by atoms with Crippen LogP contribution in [-0.2, 0) is 0 Å². The van der Waals surface area contributed by atoms with Gasteiger partial charge in [0.05, 0.1) is 12.6 Å². The van der Waals surface area contributed by atoms with Gasteiger partial charge in [-0.1, -0.05) is 15.9 Å². The molecule has 1 heterocycles. The van der Waals surface area contributed by atoms with Crippen molar-refractivity contribution < 1.29 is 5.11 Å². The highest BCUT2D eigenvalue weighted by Gasteiger charge is 2.21. The van der Waals surface area contributed by atoms with E-state index >= 15 is 0 Å². The molecule has 2 N–H and O–H groups in total. The Kier molecular flexibility index (Phi) is 4.42. The van der Waals surface area contributed by atoms with Crippen molar-refractivity contribution in [1.29, 1.82) is 0 Å². The maximum atomic E-state index is 9.50. The van der Waals surface area contributed by atoms with Gasteiger partial charge in [0, 0.05) is 23.2 Å². The summed E-state index contributed by atoms with van der Waals surface area (Å²) in [6.07, 6.45) is 1.12. The second-order valence-corrected chi connectivity index (χ2v) is 5.43. The third-order valence-electron chi connectivity index (χ3n) is 3.25. The molecule has 94 valence electrons. The minimum atomic E-state index is 0.178. The molecule has 0 radical (unpaired) electrons. The van der Waals surface area contributed by atoms with Crippen LogP contribution in [0.5, 0.6) is 0 Å². The molecule has 3 nitrogen and oxygen atoms in total. The van der Waals surface area contributed by atoms with Crippen molar-refractivity contribution in [3.63, 3.8) is 0 Å². The molecule has 0 amide bonds. The van der Waals surface area contributed by atoms with Crippen LogP contribution in [-0.4, -0.2) is 37.4 Å². The van der Waals surface area contributed by atoms with E-state index in [1.807, 2.05) is 0 Å². The second-order valence-electron chi connectivity index (χ2n) is 4.52. The van der Waals surface area contributed by atoms with Crippen LogP contribution in [0, 0.1) is 6.92 Å². The molecule has 1 aromatic carbocycles. The largest absolute Gasteiger partial charge is 0.394 e. The molecule has 0 spiro atoms. The number of aryl methyl sites for hydroxylation is 1. The van der Waals surface area contributed by atoms with Gasteiger partial charge < -0.3 is 15.3 Å². The molecule has 1 saturated heterocycles. The van der Waals surface area contributed by atoms with E-state index in [2.05, 4.69) is 51.3 Å². The van der Waals surface area contributed by atoms with Gasteiger partial charge in [0.1, 0.15) is 0 Å². The maximum absolute atomic E-state index is 9.50. The predicted molar refractivity (Wildman–Crippen MR) is 74.6 cm³/mol. The number of halogens is 1. The van der Waals surface area contributed by atoms with E-state index < -0.39 is 0 Å². The molecule has 1 aliphatic heterocycles. The van der Waals surface area contributed by atoms with E-state index in [0.717, 1.165) is 30.5 Å². The summed E-state index contributed by atoms with van der Waals surface area (Å²) in [6.45, 7) is 5.20. The first kappa shape index (κ1) is 12.9. The number of nitrogens with zero attached hydrogens (tertiary/aromatic N) is 1. The van der Waals surface area contributed by atoms with Gasteiger partial charge in [-0.05, 0) is 43.7 Å². The number of aliphatic hydroxyl groups excluding tert-OH is 1. The fourth-order valence-corrected chi connectivity index (χ4v) is 2.83. The highest BCUT2D eigenvalue weighted by atomic mass is 79.9. The molecule has 4 heteroatoms. The smallest absolute Gasteiger partial charge is 0.0647 e. The zero-order chi connectivity index (χ0) is 12.3. The quantitative estimate of drug-likeness (QED) is 0.876. The molecule has 0 saturated carbocycles. The molecule has 0 bridgehead atoms. The normalized spacial score (nSPS) is 21.4. The summed E-state index contributed by atoms with van der Waals surface area (Å²) < 4.78 is 1.10. The molecule has 1 aliphatic rings. The van der Waals surface area contributed by atoms with E-state index in [1.54, 1.807) is 0 Å². The fourth-order valence-electron chi connectivity index (χ4n) is 2.36. The van der Waals surface area contributed by atoms with Crippen LogP contribution in [0.1, 0.15) is 12.0 Å². The highest BCUT2D eigenvalue weighted by molar-refractivity contribution is 9.10. The van der Waals surface area contributed by atoms with Crippen molar-refractivity contribution in [2.45, 2.75) is 19.4 Å².